The van der Waals surface area contributed by atoms with E-state index in [0.717, 1.165) is 16.3 Å². The summed E-state index contributed by atoms with van der Waals surface area (Å²) in [6.07, 6.45) is 0.630. The van der Waals surface area contributed by atoms with Gasteiger partial charge in [-0.05, 0) is 38.5 Å². The molecule has 0 radical (unpaired) electrons. The number of aromatic nitrogens is 1. The summed E-state index contributed by atoms with van der Waals surface area (Å²) in [5.41, 5.74) is 2.55. The Hall–Kier alpha value is -1.53. The van der Waals surface area contributed by atoms with Gasteiger partial charge in [0.2, 0.25) is 0 Å². The smallest absolute Gasteiger partial charge is 0.174 e. The Morgan fingerprint density at radius 2 is 1.96 bits per heavy atom. The molecule has 0 saturated carbocycles. The van der Waals surface area contributed by atoms with Gasteiger partial charge >= 0.3 is 0 Å². The van der Waals surface area contributed by atoms with Gasteiger partial charge < -0.3 is 4.57 Å². The molecule has 0 N–H and O–H groups in total. The van der Waals surface area contributed by atoms with E-state index >= 15 is 0 Å². The van der Waals surface area contributed by atoms with Crippen molar-refractivity contribution in [1.82, 2.24) is 4.57 Å². The van der Waals surface area contributed by atoms with Crippen LogP contribution in [-0.4, -0.2) is 36.0 Å². The molecular weight excluding hydrogens is 342 g/mol. The maximum Gasteiger partial charge on any atom is 0.174 e. The highest BCUT2D eigenvalue weighted by Crippen LogP contribution is 2.30. The number of nitrogens with zero attached hydrogens (tertiary/aromatic N) is 1. The van der Waals surface area contributed by atoms with Gasteiger partial charge in [-0.1, -0.05) is 18.2 Å². The number of Topliss-reactive ketones (excluding diaryl/α,β-unsaturated/α-hetero) is 1. The van der Waals surface area contributed by atoms with E-state index in [4.69, 9.17) is 0 Å². The quantitative estimate of drug-likeness (QED) is 0.603. The van der Waals surface area contributed by atoms with Gasteiger partial charge in [0.25, 0.3) is 0 Å². The minimum Gasteiger partial charge on any atom is -0.344 e. The lowest BCUT2D eigenvalue weighted by Crippen LogP contribution is -2.14. The number of benzene rings is 1. The van der Waals surface area contributed by atoms with Crippen LogP contribution in [0, 0.1) is 13.8 Å². The molecule has 24 heavy (non-hydrogen) atoms. The van der Waals surface area contributed by atoms with E-state index in [1.165, 1.54) is 11.8 Å². The van der Waals surface area contributed by atoms with Gasteiger partial charge in [-0.2, -0.15) is 0 Å². The van der Waals surface area contributed by atoms with Crippen molar-refractivity contribution in [3.05, 3.63) is 53.3 Å². The van der Waals surface area contributed by atoms with Crippen molar-refractivity contribution in [2.45, 2.75) is 31.2 Å². The summed E-state index contributed by atoms with van der Waals surface area (Å²) in [6.45, 7) is 3.86. The first-order chi connectivity index (χ1) is 11.4. The van der Waals surface area contributed by atoms with Crippen LogP contribution in [-0.2, 0) is 9.84 Å². The molecule has 2 aromatic rings. The topological polar surface area (TPSA) is 56.1 Å². The van der Waals surface area contributed by atoms with E-state index in [0.29, 0.717) is 17.7 Å². The first-order valence-corrected chi connectivity index (χ1v) is 10.8. The molecule has 0 bridgehead atoms. The number of ketones is 1. The molecule has 3 rings (SSSR count). The fourth-order valence-corrected chi connectivity index (χ4v) is 5.85. The number of hydrogen-bond donors (Lipinski definition) is 0. The largest absolute Gasteiger partial charge is 0.344 e. The first-order valence-electron chi connectivity index (χ1n) is 7.97. The maximum atomic E-state index is 12.6. The Balaban J connectivity index is 1.77. The molecule has 1 aromatic heterocycles. The summed E-state index contributed by atoms with van der Waals surface area (Å²) in [6, 6.07) is 11.7. The number of thioether (sulfide) groups is 1. The van der Waals surface area contributed by atoms with Crippen LogP contribution >= 0.6 is 11.8 Å². The normalized spacial score (nSPS) is 19.5. The Morgan fingerprint density at radius 3 is 2.58 bits per heavy atom. The monoisotopic (exact) mass is 363 g/mol. The van der Waals surface area contributed by atoms with Gasteiger partial charge in [-0.15, -0.1) is 11.8 Å². The molecule has 0 spiro atoms. The second kappa shape index (κ2) is 6.76. The lowest BCUT2D eigenvalue weighted by atomic mass is 10.2. The zero-order valence-electron chi connectivity index (χ0n) is 13.9. The van der Waals surface area contributed by atoms with Crippen molar-refractivity contribution in [3.8, 4) is 0 Å². The highest BCUT2D eigenvalue weighted by molar-refractivity contribution is 8.00. The van der Waals surface area contributed by atoms with Crippen molar-refractivity contribution in [1.29, 1.82) is 0 Å². The van der Waals surface area contributed by atoms with Gasteiger partial charge in [0.05, 0.1) is 17.3 Å². The molecule has 1 saturated heterocycles. The predicted molar refractivity (Wildman–Crippen MR) is 97.7 cm³/mol. The van der Waals surface area contributed by atoms with Crippen molar-refractivity contribution >= 4 is 27.4 Å². The second-order valence-corrected chi connectivity index (χ2v) is 9.51. The number of hydrogen-bond acceptors (Lipinski definition) is 4. The van der Waals surface area contributed by atoms with Crippen molar-refractivity contribution in [3.63, 3.8) is 0 Å². The Morgan fingerprint density at radius 1 is 1.25 bits per heavy atom. The molecule has 1 aliphatic rings. The van der Waals surface area contributed by atoms with Crippen molar-refractivity contribution < 1.29 is 13.2 Å². The Bertz CT molecular complexity index is 854. The fraction of sp³-hybridized carbons (Fsp3) is 0.389. The maximum absolute atomic E-state index is 12.6. The Kier molecular flexibility index (Phi) is 4.88. The van der Waals surface area contributed by atoms with E-state index < -0.39 is 9.84 Å². The number of carbonyl (C=O) groups excluding carboxylic acids is 1. The molecule has 0 amide bonds. The molecule has 0 unspecified atom stereocenters. The molecule has 128 valence electrons. The Labute approximate surface area is 147 Å². The average Bonchev–Trinajstić information content (AvgIpc) is 3.05. The molecule has 2 heterocycles. The van der Waals surface area contributed by atoms with Crippen LogP contribution in [0.3, 0.4) is 0 Å². The van der Waals surface area contributed by atoms with Gasteiger partial charge in [0.15, 0.2) is 15.6 Å². The van der Waals surface area contributed by atoms with Crippen LogP contribution in [0.5, 0.6) is 0 Å². The lowest BCUT2D eigenvalue weighted by Gasteiger charge is -2.16. The van der Waals surface area contributed by atoms with Crippen LogP contribution in [0.2, 0.25) is 0 Å². The van der Waals surface area contributed by atoms with Crippen LogP contribution in [0.25, 0.3) is 0 Å². The zero-order chi connectivity index (χ0) is 17.3. The van der Waals surface area contributed by atoms with Crippen LogP contribution in [0.15, 0.2) is 41.3 Å². The van der Waals surface area contributed by atoms with Gasteiger partial charge in [0, 0.05) is 27.9 Å². The number of sulfone groups is 1. The van der Waals surface area contributed by atoms with Crippen LogP contribution in [0.4, 0.5) is 0 Å². The average molecular weight is 364 g/mol. The molecule has 1 aromatic carbocycles. The number of carbonyl (C=O) groups is 1. The minimum absolute atomic E-state index is 0.0432. The van der Waals surface area contributed by atoms with E-state index in [2.05, 4.69) is 0 Å². The summed E-state index contributed by atoms with van der Waals surface area (Å²) in [5, 5.41) is 0. The lowest BCUT2D eigenvalue weighted by molar-refractivity contribution is 0.102. The fourth-order valence-electron chi connectivity index (χ4n) is 3.34. The summed E-state index contributed by atoms with van der Waals surface area (Å²) >= 11 is 1.52. The van der Waals surface area contributed by atoms with E-state index in [1.807, 2.05) is 54.8 Å². The molecule has 1 atom stereocenters. The molecular formula is C18H21NO3S2. The van der Waals surface area contributed by atoms with Crippen molar-refractivity contribution in [2.75, 3.05) is 17.3 Å². The SMILES string of the molecule is Cc1cc(C(=O)CSc2ccccc2)c(C)n1[C@@H]1CCS(=O)(=O)C1. The van der Waals surface area contributed by atoms with Gasteiger partial charge in [0.1, 0.15) is 0 Å². The highest BCUT2D eigenvalue weighted by Gasteiger charge is 2.31. The number of aryl methyl sites for hydroxylation is 1. The van der Waals surface area contributed by atoms with Crippen LogP contribution < -0.4 is 0 Å². The predicted octanol–water partition coefficient (Wildman–Crippen LogP) is 3.44. The molecule has 0 aliphatic carbocycles. The van der Waals surface area contributed by atoms with Gasteiger partial charge in [-0.3, -0.25) is 4.79 Å². The summed E-state index contributed by atoms with van der Waals surface area (Å²) in [5.74, 6) is 0.888. The summed E-state index contributed by atoms with van der Waals surface area (Å²) in [7, 11) is -2.94. The molecule has 1 aliphatic heterocycles. The third-order valence-electron chi connectivity index (χ3n) is 4.47. The molecule has 6 heteroatoms. The highest BCUT2D eigenvalue weighted by atomic mass is 32.2. The first kappa shape index (κ1) is 17.3. The van der Waals surface area contributed by atoms with E-state index in [9.17, 15) is 13.2 Å². The summed E-state index contributed by atoms with van der Waals surface area (Å²) in [4.78, 5) is 13.7. The van der Waals surface area contributed by atoms with Crippen molar-refractivity contribution in [2.24, 2.45) is 0 Å². The zero-order valence-corrected chi connectivity index (χ0v) is 15.5. The third-order valence-corrected chi connectivity index (χ3v) is 7.23. The van der Waals surface area contributed by atoms with Gasteiger partial charge in [-0.25, -0.2) is 8.42 Å². The molecule has 4 nitrogen and oxygen atoms in total. The number of rotatable bonds is 5. The summed E-state index contributed by atoms with van der Waals surface area (Å²) < 4.78 is 25.5. The second-order valence-electron chi connectivity index (χ2n) is 6.24. The molecule has 1 fully saturated rings. The van der Waals surface area contributed by atoms with Crippen LogP contribution in [0.1, 0.15) is 34.2 Å². The van der Waals surface area contributed by atoms with E-state index in [-0.39, 0.29) is 23.3 Å². The third kappa shape index (κ3) is 3.59. The van der Waals surface area contributed by atoms with E-state index in [1.54, 1.807) is 0 Å². The standard InChI is InChI=1S/C18H21NO3S2/c1-13-10-17(18(20)11-23-16-6-4-3-5-7-16)14(2)19(13)15-8-9-24(21,22)12-15/h3-7,10,15H,8-9,11-12H2,1-2H3/t15-/m1/s1. The minimum atomic E-state index is -2.94.